The van der Waals surface area contributed by atoms with Crippen LogP contribution >= 0.6 is 0 Å². The Hall–Kier alpha value is -0.0900. The van der Waals surface area contributed by atoms with Gasteiger partial charge in [0.15, 0.2) is 0 Å². The molecule has 0 bridgehead atoms. The van der Waals surface area contributed by atoms with Gasteiger partial charge in [-0.2, -0.15) is 8.42 Å². The van der Waals surface area contributed by atoms with Gasteiger partial charge in [0.1, 0.15) is 0 Å². The lowest BCUT2D eigenvalue weighted by Crippen LogP contribution is -2.14. The lowest BCUT2D eigenvalue weighted by atomic mass is 10.1. The molecule has 0 atom stereocenters. The van der Waals surface area contributed by atoms with Crippen molar-refractivity contribution in [3.8, 4) is 0 Å². The molecule has 1 aliphatic carbocycles. The minimum atomic E-state index is -3.20. The summed E-state index contributed by atoms with van der Waals surface area (Å²) in [6.45, 7) is 0. The van der Waals surface area contributed by atoms with E-state index in [0.717, 1.165) is 12.8 Å². The van der Waals surface area contributed by atoms with Crippen LogP contribution in [0.4, 0.5) is 0 Å². The van der Waals surface area contributed by atoms with Crippen LogP contribution in [0, 0.1) is 5.92 Å². The van der Waals surface area contributed by atoms with Crippen molar-refractivity contribution in [3.63, 3.8) is 0 Å². The lowest BCUT2D eigenvalue weighted by Gasteiger charge is -2.06. The van der Waals surface area contributed by atoms with Gasteiger partial charge in [-0.1, -0.05) is 12.8 Å². The average Bonchev–Trinajstić information content (AvgIpc) is 2.39. The Kier molecular flexibility index (Phi) is 2.90. The Morgan fingerprint density at radius 2 is 1.91 bits per heavy atom. The molecule has 0 aromatic carbocycles. The smallest absolute Gasteiger partial charge is 0.267 e. The summed E-state index contributed by atoms with van der Waals surface area (Å²) in [5, 5.41) is 0. The van der Waals surface area contributed by atoms with Gasteiger partial charge in [-0.25, -0.2) is 0 Å². The van der Waals surface area contributed by atoms with E-state index in [0.29, 0.717) is 5.92 Å². The summed E-state index contributed by atoms with van der Waals surface area (Å²) in [6, 6.07) is 0. The van der Waals surface area contributed by atoms with Gasteiger partial charge in [-0.05, 0) is 18.8 Å². The maximum atomic E-state index is 10.9. The first kappa shape index (κ1) is 9.00. The Morgan fingerprint density at radius 3 is 2.36 bits per heavy atom. The highest BCUT2D eigenvalue weighted by Gasteiger charge is 2.21. The summed E-state index contributed by atoms with van der Waals surface area (Å²) in [5.41, 5.74) is 0. The van der Waals surface area contributed by atoms with Crippen molar-refractivity contribution in [1.82, 2.24) is 0 Å². The molecule has 0 N–H and O–H groups in total. The molecule has 0 aromatic rings. The van der Waals surface area contributed by atoms with Crippen LogP contribution in [0.15, 0.2) is 0 Å². The Balaban J connectivity index is 2.41. The fourth-order valence-corrected chi connectivity index (χ4v) is 2.58. The maximum absolute atomic E-state index is 10.9. The molecule has 0 saturated heterocycles. The van der Waals surface area contributed by atoms with Crippen LogP contribution in [0.1, 0.15) is 25.7 Å². The molecule has 0 aromatic heterocycles. The monoisotopic (exact) mass is 178 g/mol. The first-order chi connectivity index (χ1) is 5.14. The molecule has 1 rings (SSSR count). The molecular formula is C7H14O3S. The fraction of sp³-hybridized carbons (Fsp3) is 1.00. The second-order valence-corrected chi connectivity index (χ2v) is 4.82. The zero-order valence-electron chi connectivity index (χ0n) is 6.75. The van der Waals surface area contributed by atoms with Gasteiger partial charge < -0.3 is 0 Å². The van der Waals surface area contributed by atoms with E-state index in [1.54, 1.807) is 0 Å². The molecule has 11 heavy (non-hydrogen) atoms. The van der Waals surface area contributed by atoms with Gasteiger partial charge in [-0.3, -0.25) is 4.18 Å². The highest BCUT2D eigenvalue weighted by atomic mass is 32.2. The normalized spacial score (nSPS) is 20.8. The van der Waals surface area contributed by atoms with E-state index in [1.165, 1.54) is 20.0 Å². The highest BCUT2D eigenvalue weighted by molar-refractivity contribution is 7.86. The maximum Gasteiger partial charge on any atom is 0.267 e. The third-order valence-electron chi connectivity index (χ3n) is 2.17. The van der Waals surface area contributed by atoms with Crippen molar-refractivity contribution in [3.05, 3.63) is 0 Å². The quantitative estimate of drug-likeness (QED) is 0.609. The molecule has 4 heteroatoms. The predicted molar refractivity (Wildman–Crippen MR) is 42.8 cm³/mol. The third-order valence-corrected chi connectivity index (χ3v) is 3.56. The van der Waals surface area contributed by atoms with Crippen molar-refractivity contribution in [1.29, 1.82) is 0 Å². The molecule has 0 unspecified atom stereocenters. The molecule has 1 saturated carbocycles. The molecule has 1 fully saturated rings. The minimum absolute atomic E-state index is 0.212. The predicted octanol–water partition coefficient (Wildman–Crippen LogP) is 1.15. The van der Waals surface area contributed by atoms with Gasteiger partial charge in [0.25, 0.3) is 10.1 Å². The fourth-order valence-electron chi connectivity index (χ4n) is 1.53. The molecule has 0 heterocycles. The van der Waals surface area contributed by atoms with E-state index in [1.807, 2.05) is 0 Å². The Bertz CT molecular complexity index is 202. The van der Waals surface area contributed by atoms with Gasteiger partial charge in [0, 0.05) is 0 Å². The van der Waals surface area contributed by atoms with Crippen LogP contribution in [0.5, 0.6) is 0 Å². The largest absolute Gasteiger partial charge is 0.273 e. The van der Waals surface area contributed by atoms with Crippen molar-refractivity contribution >= 4 is 10.1 Å². The summed E-state index contributed by atoms with van der Waals surface area (Å²) in [6.07, 6.45) is 4.43. The van der Waals surface area contributed by atoms with Gasteiger partial charge in [0.05, 0.1) is 12.9 Å². The van der Waals surface area contributed by atoms with E-state index in [-0.39, 0.29) is 5.75 Å². The van der Waals surface area contributed by atoms with Crippen LogP contribution in [0.2, 0.25) is 0 Å². The van der Waals surface area contributed by atoms with Crippen LogP contribution in [0.3, 0.4) is 0 Å². The average molecular weight is 178 g/mol. The van der Waals surface area contributed by atoms with Gasteiger partial charge >= 0.3 is 0 Å². The van der Waals surface area contributed by atoms with Crippen molar-refractivity contribution in [2.24, 2.45) is 5.92 Å². The Morgan fingerprint density at radius 1 is 1.36 bits per heavy atom. The summed E-state index contributed by atoms with van der Waals surface area (Å²) in [4.78, 5) is 0. The van der Waals surface area contributed by atoms with Crippen LogP contribution in [0.25, 0.3) is 0 Å². The molecule has 66 valence electrons. The summed E-state index contributed by atoms with van der Waals surface area (Å²) >= 11 is 0. The lowest BCUT2D eigenvalue weighted by molar-refractivity contribution is 0.389. The van der Waals surface area contributed by atoms with Crippen molar-refractivity contribution in [2.75, 3.05) is 12.9 Å². The van der Waals surface area contributed by atoms with Crippen molar-refractivity contribution < 1.29 is 12.6 Å². The van der Waals surface area contributed by atoms with Crippen LogP contribution in [-0.4, -0.2) is 21.3 Å². The second-order valence-electron chi connectivity index (χ2n) is 3.04. The number of hydrogen-bond acceptors (Lipinski definition) is 3. The molecule has 3 nitrogen and oxygen atoms in total. The molecule has 0 spiro atoms. The zero-order chi connectivity index (χ0) is 8.32. The third kappa shape index (κ3) is 2.79. The molecule has 0 radical (unpaired) electrons. The highest BCUT2D eigenvalue weighted by Crippen LogP contribution is 2.25. The van der Waals surface area contributed by atoms with Gasteiger partial charge in [0.2, 0.25) is 0 Å². The molecular weight excluding hydrogens is 164 g/mol. The van der Waals surface area contributed by atoms with E-state index in [9.17, 15) is 8.42 Å². The first-order valence-electron chi connectivity index (χ1n) is 3.92. The Labute approximate surface area is 67.9 Å². The standard InChI is InChI=1S/C7H14O3S/c1-10-11(8,9)6-7-4-2-3-5-7/h7H,2-6H2,1H3. The SMILES string of the molecule is COS(=O)(=O)CC1CCCC1. The minimum Gasteiger partial charge on any atom is -0.273 e. The summed E-state index contributed by atoms with van der Waals surface area (Å²) in [7, 11) is -1.98. The second kappa shape index (κ2) is 3.54. The van der Waals surface area contributed by atoms with E-state index in [4.69, 9.17) is 0 Å². The topological polar surface area (TPSA) is 43.4 Å². The van der Waals surface area contributed by atoms with E-state index >= 15 is 0 Å². The molecule has 1 aliphatic rings. The van der Waals surface area contributed by atoms with Crippen molar-refractivity contribution in [2.45, 2.75) is 25.7 Å². The van der Waals surface area contributed by atoms with E-state index < -0.39 is 10.1 Å². The van der Waals surface area contributed by atoms with Crippen LogP contribution < -0.4 is 0 Å². The zero-order valence-corrected chi connectivity index (χ0v) is 7.56. The van der Waals surface area contributed by atoms with Crippen LogP contribution in [-0.2, 0) is 14.3 Å². The van der Waals surface area contributed by atoms with Gasteiger partial charge in [-0.15, -0.1) is 0 Å². The molecule has 0 amide bonds. The first-order valence-corrected chi connectivity index (χ1v) is 5.50. The molecule has 0 aliphatic heterocycles. The number of rotatable bonds is 3. The summed E-state index contributed by atoms with van der Waals surface area (Å²) in [5.74, 6) is 0.559. The van der Waals surface area contributed by atoms with E-state index in [2.05, 4.69) is 4.18 Å². The number of hydrogen-bond donors (Lipinski definition) is 0. The summed E-state index contributed by atoms with van der Waals surface area (Å²) < 4.78 is 26.2.